The van der Waals surface area contributed by atoms with Gasteiger partial charge >= 0.3 is 0 Å². The van der Waals surface area contributed by atoms with Crippen LogP contribution in [-0.2, 0) is 88.6 Å². The van der Waals surface area contributed by atoms with Crippen molar-refractivity contribution in [1.82, 2.24) is 0 Å². The first kappa shape index (κ1) is 51.8. The SMILES string of the molecule is C[Si](C)(CCCO/C=C\OOOOOOOOOOOOOOCCO)O[Si](C)(C)CCCOCCOCCCCCCCCCCCCCCC=[OH+]. The molecule has 0 aromatic rings. The van der Waals surface area contributed by atoms with E-state index in [1.165, 1.54) is 76.8 Å². The lowest BCUT2D eigenvalue weighted by Gasteiger charge is -2.34. The number of aldehydes is 1. The number of aliphatic hydroxyl groups is 1. The minimum Gasteiger partial charge on any atom is -0.498 e. The second-order valence-electron chi connectivity index (χ2n) is 12.9. The van der Waals surface area contributed by atoms with Gasteiger partial charge in [0.2, 0.25) is 0 Å². The quantitative estimate of drug-likeness (QED) is 0.0124. The first-order valence-electron chi connectivity index (χ1n) is 18.3. The molecule has 316 valence electrons. The maximum atomic E-state index is 8.67. The minimum absolute atomic E-state index is 0.182. The Kier molecular flexibility index (Phi) is 39.5. The number of unbranched alkanes of at least 4 members (excludes halogenated alkanes) is 12. The summed E-state index contributed by atoms with van der Waals surface area (Å²) < 4.78 is 23.6. The Morgan fingerprint density at radius 1 is 0.453 bits per heavy atom. The molecule has 0 spiro atoms. The molecule has 0 aromatic heterocycles. The molecular formula is C31H65O20Si2+. The minimum atomic E-state index is -1.86. The predicted octanol–water partition coefficient (Wildman–Crippen LogP) is 7.08. The lowest BCUT2D eigenvalue weighted by molar-refractivity contribution is -0.874. The van der Waals surface area contributed by atoms with Gasteiger partial charge in [-0.2, -0.15) is 0 Å². The van der Waals surface area contributed by atoms with E-state index in [1.807, 2.05) is 0 Å². The molecule has 20 nitrogen and oxygen atoms in total. The van der Waals surface area contributed by atoms with Crippen molar-refractivity contribution in [2.24, 2.45) is 0 Å². The lowest BCUT2D eigenvalue weighted by Crippen LogP contribution is -2.44. The van der Waals surface area contributed by atoms with E-state index in [9.17, 15) is 0 Å². The van der Waals surface area contributed by atoms with Crippen LogP contribution in [0.15, 0.2) is 12.5 Å². The molecule has 0 heterocycles. The molecule has 0 saturated carbocycles. The summed E-state index contributed by atoms with van der Waals surface area (Å²) in [5.41, 5.74) is 0. The number of rotatable bonds is 45. The van der Waals surface area contributed by atoms with Gasteiger partial charge in [0.15, 0.2) is 22.9 Å². The molecule has 0 amide bonds. The summed E-state index contributed by atoms with van der Waals surface area (Å²) in [5, 5.41) is 53.9. The maximum Gasteiger partial charge on any atom is 0.281 e. The molecule has 0 fully saturated rings. The van der Waals surface area contributed by atoms with Crippen LogP contribution in [-0.4, -0.2) is 79.1 Å². The van der Waals surface area contributed by atoms with Crippen molar-refractivity contribution >= 4 is 22.9 Å². The molecule has 0 saturated heterocycles. The average Bonchev–Trinajstić information content (AvgIpc) is 3.12. The molecule has 0 unspecified atom stereocenters. The zero-order valence-corrected chi connectivity index (χ0v) is 33.9. The zero-order valence-electron chi connectivity index (χ0n) is 31.9. The summed E-state index contributed by atoms with van der Waals surface area (Å²) in [6.07, 6.45) is 21.6. The van der Waals surface area contributed by atoms with Gasteiger partial charge in [-0.15, -0.1) is 0 Å². The van der Waals surface area contributed by atoms with Crippen LogP contribution in [0.25, 0.3) is 0 Å². The predicted molar refractivity (Wildman–Crippen MR) is 187 cm³/mol. The third-order valence-corrected chi connectivity index (χ3v) is 14.7. The molecule has 0 aliphatic carbocycles. The Hall–Kier alpha value is -1.24. The molecule has 2 N–H and O–H groups in total. The Morgan fingerprint density at radius 2 is 0.887 bits per heavy atom. The monoisotopic (exact) mass is 813 g/mol. The standard InChI is InChI=1S/C31H64O20Si2/c1-52(2,30-18-23-35-27-26-34-22-17-15-13-11-9-7-5-6-8-10-12-14-16-20-32)51-53(3,4)31-19-24-36-28-29-38-40-42-44-46-48-50-49-47-45-43-41-39-37-25-21-33/h20,28-29,33H,5-19,21-27,30-31H2,1-4H3/p+1/b29-28-. The zero-order chi connectivity index (χ0) is 38.8. The van der Waals surface area contributed by atoms with Gasteiger partial charge < -0.3 is 28.3 Å². The Balaban J connectivity index is 3.50. The van der Waals surface area contributed by atoms with Crippen molar-refractivity contribution in [2.75, 3.05) is 46.2 Å². The number of carbonyl (C=O) groups excluding carboxylic acids is 1. The number of hydrogen-bond donors (Lipinski definition) is 1. The molecule has 0 aliphatic heterocycles. The van der Waals surface area contributed by atoms with E-state index in [-0.39, 0.29) is 13.2 Å². The number of ether oxygens (including phenoxy) is 3. The van der Waals surface area contributed by atoms with Crippen LogP contribution in [0.1, 0.15) is 96.3 Å². The molecule has 0 aromatic carbocycles. The van der Waals surface area contributed by atoms with Gasteiger partial charge in [0.25, 0.3) is 6.29 Å². The van der Waals surface area contributed by atoms with E-state index in [0.717, 1.165) is 63.7 Å². The Bertz CT molecular complexity index is 786. The number of aliphatic hydroxyl groups excluding tert-OH is 1. The molecule has 0 rings (SSSR count). The van der Waals surface area contributed by atoms with Crippen LogP contribution in [0.5, 0.6) is 0 Å². The second kappa shape index (κ2) is 40.4. The highest BCUT2D eigenvalue weighted by Gasteiger charge is 2.32. The fourth-order valence-corrected chi connectivity index (χ4v) is 13.7. The van der Waals surface area contributed by atoms with Crippen LogP contribution in [0.2, 0.25) is 38.3 Å². The molecule has 0 bridgehead atoms. The van der Waals surface area contributed by atoms with Gasteiger partial charge in [-0.25, -0.2) is 4.89 Å². The molecule has 53 heavy (non-hydrogen) atoms. The van der Waals surface area contributed by atoms with Gasteiger partial charge in [0, 0.05) is 43.4 Å². The summed E-state index contributed by atoms with van der Waals surface area (Å²) in [4.78, 5) is 17.3. The van der Waals surface area contributed by atoms with Crippen LogP contribution in [0, 0.1) is 0 Å². The van der Waals surface area contributed by atoms with Crippen LogP contribution < -0.4 is 0 Å². The van der Waals surface area contributed by atoms with Gasteiger partial charge in [-0.1, -0.05) is 64.2 Å². The van der Waals surface area contributed by atoms with E-state index in [2.05, 4.69) is 96.4 Å². The van der Waals surface area contributed by atoms with E-state index in [0.29, 0.717) is 19.8 Å². The highest BCUT2D eigenvalue weighted by Crippen LogP contribution is 2.24. The van der Waals surface area contributed by atoms with Crippen molar-refractivity contribution in [3.05, 3.63) is 12.5 Å². The summed E-state index contributed by atoms with van der Waals surface area (Å²) in [6, 6.07) is 1.99. The molecule has 0 atom stereocenters. The fourth-order valence-electron chi connectivity index (χ4n) is 4.93. The normalized spacial score (nSPS) is 12.2. The Labute approximate surface area is 314 Å². The van der Waals surface area contributed by atoms with Gasteiger partial charge in [0.05, 0.1) is 32.8 Å². The third kappa shape index (κ3) is 43.4. The van der Waals surface area contributed by atoms with Crippen LogP contribution >= 0.6 is 0 Å². The maximum absolute atomic E-state index is 8.67. The molecule has 22 heteroatoms. The largest absolute Gasteiger partial charge is 0.498 e. The first-order valence-corrected chi connectivity index (χ1v) is 24.5. The summed E-state index contributed by atoms with van der Waals surface area (Å²) in [7, 11) is -3.68. The van der Waals surface area contributed by atoms with Crippen molar-refractivity contribution in [3.8, 4) is 0 Å². The fraction of sp³-hybridized carbons (Fsp3) is 0.903. The number of hydrogen-bond acceptors (Lipinski definition) is 19. The first-order chi connectivity index (χ1) is 25.8. The molecule has 0 radical (unpaired) electrons. The Morgan fingerprint density at radius 3 is 1.40 bits per heavy atom. The van der Waals surface area contributed by atoms with E-state index in [1.54, 1.807) is 0 Å². The highest BCUT2D eigenvalue weighted by molar-refractivity contribution is 6.84. The van der Waals surface area contributed by atoms with Crippen LogP contribution in [0.3, 0.4) is 0 Å². The van der Waals surface area contributed by atoms with E-state index >= 15 is 0 Å². The summed E-state index contributed by atoms with van der Waals surface area (Å²) in [5.74, 6) is 0. The average molecular weight is 814 g/mol. The highest BCUT2D eigenvalue weighted by atomic mass is 28.4. The van der Waals surface area contributed by atoms with E-state index < -0.39 is 16.6 Å². The van der Waals surface area contributed by atoms with Gasteiger partial charge in [-0.05, 0) is 94.2 Å². The summed E-state index contributed by atoms with van der Waals surface area (Å²) >= 11 is 0. The van der Waals surface area contributed by atoms with Gasteiger partial charge in [-0.3, -0.25) is 4.79 Å². The van der Waals surface area contributed by atoms with Crippen molar-refractivity contribution in [2.45, 2.75) is 135 Å². The van der Waals surface area contributed by atoms with Crippen molar-refractivity contribution in [3.63, 3.8) is 0 Å². The molecular weight excluding hydrogens is 748 g/mol. The third-order valence-electron chi connectivity index (χ3n) is 7.18. The lowest BCUT2D eigenvalue weighted by atomic mass is 10.0. The van der Waals surface area contributed by atoms with Crippen molar-refractivity contribution < 1.29 is 98.5 Å². The summed E-state index contributed by atoms with van der Waals surface area (Å²) in [6.45, 7) is 11.8. The van der Waals surface area contributed by atoms with Crippen LogP contribution in [0.4, 0.5) is 0 Å². The van der Waals surface area contributed by atoms with Gasteiger partial charge in [0.1, 0.15) is 12.9 Å². The smallest absolute Gasteiger partial charge is 0.281 e. The van der Waals surface area contributed by atoms with Crippen molar-refractivity contribution in [1.29, 1.82) is 0 Å². The van der Waals surface area contributed by atoms with E-state index in [4.69, 9.17) is 28.2 Å². The topological polar surface area (TPSA) is 208 Å². The second-order valence-corrected chi connectivity index (χ2v) is 21.7. The molecule has 0 aliphatic rings.